The van der Waals surface area contributed by atoms with Gasteiger partial charge in [0.15, 0.2) is 0 Å². The van der Waals surface area contributed by atoms with E-state index in [0.717, 1.165) is 23.4 Å². The standard InChI is InChI=1S/C16H15F2NO2/c1-21-15-5-3-2-4-11(15)8-9-19-16(20)13-7-6-12(17)10-14(13)18/h2-7,10H,8-9H2,1H3,(H,19,20). The Kier molecular flexibility index (Phi) is 4.87. The maximum Gasteiger partial charge on any atom is 0.254 e. The number of methoxy groups -OCH3 is 1. The average molecular weight is 291 g/mol. The van der Waals surface area contributed by atoms with E-state index < -0.39 is 17.5 Å². The Hall–Kier alpha value is -2.43. The first-order valence-electron chi connectivity index (χ1n) is 6.47. The van der Waals surface area contributed by atoms with E-state index in [0.29, 0.717) is 19.0 Å². The van der Waals surface area contributed by atoms with Crippen molar-refractivity contribution >= 4 is 5.91 Å². The van der Waals surface area contributed by atoms with Gasteiger partial charge in [0.25, 0.3) is 5.91 Å². The Bertz CT molecular complexity index is 644. The number of hydrogen-bond acceptors (Lipinski definition) is 2. The number of amides is 1. The van der Waals surface area contributed by atoms with Gasteiger partial charge in [-0.25, -0.2) is 8.78 Å². The van der Waals surface area contributed by atoms with E-state index in [4.69, 9.17) is 4.74 Å². The van der Waals surface area contributed by atoms with Gasteiger partial charge in [-0.15, -0.1) is 0 Å². The van der Waals surface area contributed by atoms with Crippen LogP contribution in [0.4, 0.5) is 8.78 Å². The van der Waals surface area contributed by atoms with Crippen LogP contribution in [0.2, 0.25) is 0 Å². The minimum absolute atomic E-state index is 0.170. The topological polar surface area (TPSA) is 38.3 Å². The summed E-state index contributed by atoms with van der Waals surface area (Å²) in [5, 5.41) is 2.60. The van der Waals surface area contributed by atoms with E-state index in [9.17, 15) is 13.6 Å². The van der Waals surface area contributed by atoms with Crippen LogP contribution in [-0.2, 0) is 6.42 Å². The zero-order valence-electron chi connectivity index (χ0n) is 11.5. The molecule has 1 N–H and O–H groups in total. The molecule has 2 rings (SSSR count). The molecule has 0 saturated carbocycles. The van der Waals surface area contributed by atoms with Gasteiger partial charge in [0, 0.05) is 12.6 Å². The second-order valence-corrected chi connectivity index (χ2v) is 4.44. The summed E-state index contributed by atoms with van der Waals surface area (Å²) in [5.41, 5.74) is 0.774. The fraction of sp³-hybridized carbons (Fsp3) is 0.188. The van der Waals surface area contributed by atoms with Gasteiger partial charge in [-0.2, -0.15) is 0 Å². The highest BCUT2D eigenvalue weighted by Gasteiger charge is 2.12. The number of benzene rings is 2. The van der Waals surface area contributed by atoms with Gasteiger partial charge in [0.2, 0.25) is 0 Å². The monoisotopic (exact) mass is 291 g/mol. The van der Waals surface area contributed by atoms with Crippen LogP contribution in [-0.4, -0.2) is 19.6 Å². The Morgan fingerprint density at radius 2 is 1.95 bits per heavy atom. The quantitative estimate of drug-likeness (QED) is 0.920. The van der Waals surface area contributed by atoms with Crippen LogP contribution >= 0.6 is 0 Å². The predicted octanol–water partition coefficient (Wildman–Crippen LogP) is 2.95. The Balaban J connectivity index is 1.95. The molecule has 0 spiro atoms. The van der Waals surface area contributed by atoms with Gasteiger partial charge in [-0.1, -0.05) is 18.2 Å². The Morgan fingerprint density at radius 1 is 1.19 bits per heavy atom. The summed E-state index contributed by atoms with van der Waals surface area (Å²) >= 11 is 0. The van der Waals surface area contributed by atoms with Crippen molar-refractivity contribution in [1.29, 1.82) is 0 Å². The third-order valence-electron chi connectivity index (χ3n) is 3.05. The maximum absolute atomic E-state index is 13.4. The molecule has 0 aliphatic carbocycles. The smallest absolute Gasteiger partial charge is 0.254 e. The molecular weight excluding hydrogens is 276 g/mol. The van der Waals surface area contributed by atoms with Crippen molar-refractivity contribution in [3.8, 4) is 5.75 Å². The summed E-state index contributed by atoms with van der Waals surface area (Å²) in [6, 6.07) is 10.3. The molecule has 2 aromatic carbocycles. The molecule has 0 saturated heterocycles. The van der Waals surface area contributed by atoms with Gasteiger partial charge in [0.05, 0.1) is 12.7 Å². The van der Waals surface area contributed by atoms with Crippen LogP contribution in [0.3, 0.4) is 0 Å². The van der Waals surface area contributed by atoms with Crippen molar-refractivity contribution in [3.63, 3.8) is 0 Å². The average Bonchev–Trinajstić information content (AvgIpc) is 2.47. The SMILES string of the molecule is COc1ccccc1CCNC(=O)c1ccc(F)cc1F. The summed E-state index contributed by atoms with van der Waals surface area (Å²) in [6.45, 7) is 0.329. The zero-order chi connectivity index (χ0) is 15.2. The molecule has 0 heterocycles. The fourth-order valence-corrected chi connectivity index (χ4v) is 1.99. The zero-order valence-corrected chi connectivity index (χ0v) is 11.5. The third-order valence-corrected chi connectivity index (χ3v) is 3.05. The number of hydrogen-bond donors (Lipinski definition) is 1. The number of carbonyl (C=O) groups excluding carboxylic acids is 1. The summed E-state index contributed by atoms with van der Waals surface area (Å²) in [6.07, 6.45) is 0.554. The first kappa shape index (κ1) is 15.0. The van der Waals surface area contributed by atoms with Crippen LogP contribution < -0.4 is 10.1 Å². The minimum atomic E-state index is -0.871. The Labute approximate surface area is 121 Å². The molecule has 110 valence electrons. The molecule has 0 aliphatic heterocycles. The number of carbonyl (C=O) groups is 1. The molecule has 0 bridgehead atoms. The molecule has 0 aromatic heterocycles. The minimum Gasteiger partial charge on any atom is -0.496 e. The molecule has 21 heavy (non-hydrogen) atoms. The van der Waals surface area contributed by atoms with Crippen molar-refractivity contribution in [2.75, 3.05) is 13.7 Å². The number of para-hydroxylation sites is 1. The number of nitrogens with one attached hydrogen (secondary N) is 1. The molecule has 0 fully saturated rings. The van der Waals surface area contributed by atoms with E-state index in [1.165, 1.54) is 0 Å². The first-order valence-corrected chi connectivity index (χ1v) is 6.47. The van der Waals surface area contributed by atoms with Gasteiger partial charge < -0.3 is 10.1 Å². The highest BCUT2D eigenvalue weighted by Crippen LogP contribution is 2.17. The van der Waals surface area contributed by atoms with Crippen molar-refractivity contribution < 1.29 is 18.3 Å². The van der Waals surface area contributed by atoms with Crippen LogP contribution in [0, 0.1) is 11.6 Å². The van der Waals surface area contributed by atoms with Crippen LogP contribution in [0.15, 0.2) is 42.5 Å². The maximum atomic E-state index is 13.4. The summed E-state index contributed by atoms with van der Waals surface area (Å²) in [5.74, 6) is -1.41. The van der Waals surface area contributed by atoms with Gasteiger partial charge in [-0.05, 0) is 30.2 Å². The lowest BCUT2D eigenvalue weighted by molar-refractivity contribution is 0.0950. The highest BCUT2D eigenvalue weighted by atomic mass is 19.1. The lowest BCUT2D eigenvalue weighted by Gasteiger charge is -2.09. The molecule has 0 atom stereocenters. The van der Waals surface area contributed by atoms with Crippen LogP contribution in [0.25, 0.3) is 0 Å². The molecule has 1 amide bonds. The molecule has 0 unspecified atom stereocenters. The first-order chi connectivity index (χ1) is 10.1. The Morgan fingerprint density at radius 3 is 2.67 bits per heavy atom. The van der Waals surface area contributed by atoms with Crippen LogP contribution in [0.5, 0.6) is 5.75 Å². The highest BCUT2D eigenvalue weighted by molar-refractivity contribution is 5.94. The van der Waals surface area contributed by atoms with E-state index in [1.807, 2.05) is 24.3 Å². The van der Waals surface area contributed by atoms with E-state index in [1.54, 1.807) is 7.11 Å². The van der Waals surface area contributed by atoms with E-state index >= 15 is 0 Å². The van der Waals surface area contributed by atoms with Gasteiger partial charge >= 0.3 is 0 Å². The normalized spacial score (nSPS) is 10.2. The molecular formula is C16H15F2NO2. The number of halogens is 2. The van der Waals surface area contributed by atoms with E-state index in [2.05, 4.69) is 5.32 Å². The largest absolute Gasteiger partial charge is 0.496 e. The van der Waals surface area contributed by atoms with Crippen molar-refractivity contribution in [3.05, 3.63) is 65.2 Å². The van der Waals surface area contributed by atoms with Crippen molar-refractivity contribution in [2.45, 2.75) is 6.42 Å². The second kappa shape index (κ2) is 6.83. The third kappa shape index (κ3) is 3.78. The lowest BCUT2D eigenvalue weighted by atomic mass is 10.1. The molecule has 0 radical (unpaired) electrons. The molecule has 3 nitrogen and oxygen atoms in total. The molecule has 5 heteroatoms. The molecule has 2 aromatic rings. The summed E-state index contributed by atoms with van der Waals surface area (Å²) in [7, 11) is 1.57. The van der Waals surface area contributed by atoms with Crippen molar-refractivity contribution in [2.24, 2.45) is 0 Å². The van der Waals surface area contributed by atoms with Crippen LogP contribution in [0.1, 0.15) is 15.9 Å². The summed E-state index contributed by atoms with van der Waals surface area (Å²) in [4.78, 5) is 11.8. The van der Waals surface area contributed by atoms with Crippen molar-refractivity contribution in [1.82, 2.24) is 5.32 Å². The fourth-order valence-electron chi connectivity index (χ4n) is 1.99. The summed E-state index contributed by atoms with van der Waals surface area (Å²) < 4.78 is 31.4. The number of ether oxygens (including phenoxy) is 1. The van der Waals surface area contributed by atoms with Gasteiger partial charge in [-0.3, -0.25) is 4.79 Å². The predicted molar refractivity (Wildman–Crippen MR) is 75.4 cm³/mol. The lowest BCUT2D eigenvalue weighted by Crippen LogP contribution is -2.26. The molecule has 0 aliphatic rings. The number of rotatable bonds is 5. The second-order valence-electron chi connectivity index (χ2n) is 4.44. The van der Waals surface area contributed by atoms with Gasteiger partial charge in [0.1, 0.15) is 17.4 Å². The van der Waals surface area contributed by atoms with E-state index in [-0.39, 0.29) is 5.56 Å².